The summed E-state index contributed by atoms with van der Waals surface area (Å²) in [5.41, 5.74) is 4.73. The quantitative estimate of drug-likeness (QED) is 0.472. The second kappa shape index (κ2) is 8.44. The Morgan fingerprint density at radius 2 is 2.00 bits per heavy atom. The van der Waals surface area contributed by atoms with Gasteiger partial charge in [-0.3, -0.25) is 14.9 Å². The van der Waals surface area contributed by atoms with Gasteiger partial charge < -0.3 is 4.74 Å². The van der Waals surface area contributed by atoms with Crippen molar-refractivity contribution >= 4 is 29.4 Å². The number of nitro benzene ring substituents is 1. The van der Waals surface area contributed by atoms with Crippen LogP contribution in [0, 0.1) is 24.0 Å². The van der Waals surface area contributed by atoms with Crippen molar-refractivity contribution in [2.45, 2.75) is 26.9 Å². The number of carbonyl (C=O) groups is 1. The number of nitrogens with one attached hydrogen (secondary N) is 1. The van der Waals surface area contributed by atoms with Crippen LogP contribution in [0.3, 0.4) is 0 Å². The van der Waals surface area contributed by atoms with Crippen LogP contribution in [0.1, 0.15) is 23.6 Å². The van der Waals surface area contributed by atoms with Gasteiger partial charge in [0.15, 0.2) is 6.10 Å². The summed E-state index contributed by atoms with van der Waals surface area (Å²) in [5.74, 6) is 0.127. The molecular formula is C18H18ClN3O4. The van der Waals surface area contributed by atoms with Crippen molar-refractivity contribution in [3.05, 3.63) is 68.2 Å². The van der Waals surface area contributed by atoms with Crippen LogP contribution in [0.4, 0.5) is 5.69 Å². The number of nitro groups is 1. The summed E-state index contributed by atoms with van der Waals surface area (Å²) in [6, 6.07) is 9.51. The molecule has 136 valence electrons. The molecule has 26 heavy (non-hydrogen) atoms. The maximum Gasteiger partial charge on any atom is 0.280 e. The highest BCUT2D eigenvalue weighted by Gasteiger charge is 2.14. The van der Waals surface area contributed by atoms with E-state index in [0.29, 0.717) is 11.3 Å². The molecule has 0 fully saturated rings. The number of carbonyl (C=O) groups excluding carboxylic acids is 1. The molecular weight excluding hydrogens is 358 g/mol. The van der Waals surface area contributed by atoms with Crippen LogP contribution < -0.4 is 10.2 Å². The summed E-state index contributed by atoms with van der Waals surface area (Å²) in [6.45, 7) is 5.55. The Hall–Kier alpha value is -2.93. The van der Waals surface area contributed by atoms with Gasteiger partial charge in [-0.2, -0.15) is 5.10 Å². The number of aryl methyl sites for hydroxylation is 2. The largest absolute Gasteiger partial charge is 0.481 e. The van der Waals surface area contributed by atoms with Crippen molar-refractivity contribution in [3.8, 4) is 5.75 Å². The van der Waals surface area contributed by atoms with E-state index >= 15 is 0 Å². The third-order valence-corrected chi connectivity index (χ3v) is 4.07. The van der Waals surface area contributed by atoms with E-state index in [9.17, 15) is 14.9 Å². The molecule has 0 radical (unpaired) electrons. The first-order chi connectivity index (χ1) is 12.3. The van der Waals surface area contributed by atoms with Crippen molar-refractivity contribution in [2.75, 3.05) is 0 Å². The first-order valence-corrected chi connectivity index (χ1v) is 8.16. The second-order valence-electron chi connectivity index (χ2n) is 5.70. The maximum absolute atomic E-state index is 12.1. The van der Waals surface area contributed by atoms with Crippen molar-refractivity contribution in [3.63, 3.8) is 0 Å². The lowest BCUT2D eigenvalue weighted by Gasteiger charge is -2.14. The average molecular weight is 376 g/mol. The van der Waals surface area contributed by atoms with Gasteiger partial charge in [0.2, 0.25) is 0 Å². The lowest BCUT2D eigenvalue weighted by molar-refractivity contribution is -0.384. The van der Waals surface area contributed by atoms with Gasteiger partial charge >= 0.3 is 0 Å². The molecule has 0 aliphatic carbocycles. The number of hydrazone groups is 1. The van der Waals surface area contributed by atoms with E-state index in [1.807, 2.05) is 26.0 Å². The number of amides is 1. The number of hydrogen-bond acceptors (Lipinski definition) is 5. The molecule has 0 aromatic heterocycles. The average Bonchev–Trinajstić information content (AvgIpc) is 2.59. The van der Waals surface area contributed by atoms with Gasteiger partial charge in [0.25, 0.3) is 11.6 Å². The van der Waals surface area contributed by atoms with Crippen molar-refractivity contribution in [1.29, 1.82) is 0 Å². The molecule has 8 heteroatoms. The summed E-state index contributed by atoms with van der Waals surface area (Å²) < 4.78 is 5.59. The van der Waals surface area contributed by atoms with E-state index in [4.69, 9.17) is 16.3 Å². The van der Waals surface area contributed by atoms with Crippen molar-refractivity contribution in [1.82, 2.24) is 5.43 Å². The normalized spacial score (nSPS) is 12.0. The maximum atomic E-state index is 12.1. The van der Waals surface area contributed by atoms with Crippen molar-refractivity contribution < 1.29 is 14.5 Å². The molecule has 0 heterocycles. The van der Waals surface area contributed by atoms with E-state index in [0.717, 1.165) is 11.1 Å². The fourth-order valence-corrected chi connectivity index (χ4v) is 2.21. The zero-order valence-corrected chi connectivity index (χ0v) is 15.3. The Morgan fingerprint density at radius 1 is 1.27 bits per heavy atom. The smallest absolute Gasteiger partial charge is 0.280 e. The molecule has 2 aromatic rings. The van der Waals surface area contributed by atoms with Crippen LogP contribution in [0.5, 0.6) is 5.75 Å². The van der Waals surface area contributed by atoms with Gasteiger partial charge in [-0.15, -0.1) is 0 Å². The molecule has 0 aliphatic rings. The summed E-state index contributed by atoms with van der Waals surface area (Å²) >= 11 is 5.96. The van der Waals surface area contributed by atoms with Crippen LogP contribution in [-0.4, -0.2) is 23.1 Å². The summed E-state index contributed by atoms with van der Waals surface area (Å²) in [7, 11) is 0. The van der Waals surface area contributed by atoms with Gasteiger partial charge in [0.1, 0.15) is 5.75 Å². The first kappa shape index (κ1) is 19.4. The van der Waals surface area contributed by atoms with Gasteiger partial charge in [-0.25, -0.2) is 5.43 Å². The lowest BCUT2D eigenvalue weighted by Crippen LogP contribution is -2.33. The van der Waals surface area contributed by atoms with Crippen LogP contribution in [0.25, 0.3) is 0 Å². The van der Waals surface area contributed by atoms with Crippen LogP contribution >= 0.6 is 11.6 Å². The van der Waals surface area contributed by atoms with E-state index in [1.165, 1.54) is 24.4 Å². The molecule has 2 aromatic carbocycles. The minimum atomic E-state index is -0.769. The van der Waals surface area contributed by atoms with E-state index in [2.05, 4.69) is 10.5 Å². The van der Waals surface area contributed by atoms with E-state index < -0.39 is 16.9 Å². The number of halogens is 1. The molecule has 0 spiro atoms. The van der Waals surface area contributed by atoms with Crippen LogP contribution in [0.2, 0.25) is 5.02 Å². The Kier molecular flexibility index (Phi) is 6.30. The third kappa shape index (κ3) is 5.03. The second-order valence-corrected chi connectivity index (χ2v) is 6.11. The molecule has 2 rings (SSSR count). The molecule has 1 N–H and O–H groups in total. The lowest BCUT2D eigenvalue weighted by atomic mass is 10.1. The SMILES string of the molecule is Cc1ccc(OC(C)C(=O)N/N=C/c2cc([N+](=O)[O-])ccc2Cl)cc1C. The van der Waals surface area contributed by atoms with Crippen LogP contribution in [0.15, 0.2) is 41.5 Å². The van der Waals surface area contributed by atoms with Crippen molar-refractivity contribution in [2.24, 2.45) is 5.10 Å². The fraction of sp³-hybridized carbons (Fsp3) is 0.222. The fourth-order valence-electron chi connectivity index (χ4n) is 2.04. The number of benzene rings is 2. The van der Waals surface area contributed by atoms with Crippen LogP contribution in [-0.2, 0) is 4.79 Å². The molecule has 0 bridgehead atoms. The monoisotopic (exact) mass is 375 g/mol. The van der Waals surface area contributed by atoms with E-state index in [1.54, 1.807) is 13.0 Å². The predicted octanol–water partition coefficient (Wildman–Crippen LogP) is 3.78. The molecule has 0 saturated carbocycles. The van der Waals surface area contributed by atoms with Gasteiger partial charge in [-0.05, 0) is 50.1 Å². The molecule has 7 nitrogen and oxygen atoms in total. The number of nitrogens with zero attached hydrogens (tertiary/aromatic N) is 2. The zero-order valence-electron chi connectivity index (χ0n) is 14.5. The minimum absolute atomic E-state index is 0.117. The molecule has 1 atom stereocenters. The number of non-ortho nitro benzene ring substituents is 1. The summed E-state index contributed by atoms with van der Waals surface area (Å²) in [4.78, 5) is 22.3. The number of hydrogen-bond donors (Lipinski definition) is 1. The number of rotatable bonds is 6. The van der Waals surface area contributed by atoms with Gasteiger partial charge in [0.05, 0.1) is 11.1 Å². The molecule has 1 amide bonds. The Bertz CT molecular complexity index is 868. The Labute approximate surface area is 155 Å². The third-order valence-electron chi connectivity index (χ3n) is 3.73. The predicted molar refractivity (Wildman–Crippen MR) is 99.8 cm³/mol. The van der Waals surface area contributed by atoms with Gasteiger partial charge in [-0.1, -0.05) is 17.7 Å². The summed E-state index contributed by atoms with van der Waals surface area (Å²) in [6.07, 6.45) is 0.477. The van der Waals surface area contributed by atoms with E-state index in [-0.39, 0.29) is 10.7 Å². The zero-order chi connectivity index (χ0) is 19.3. The highest BCUT2D eigenvalue weighted by Crippen LogP contribution is 2.20. The highest BCUT2D eigenvalue weighted by molar-refractivity contribution is 6.33. The highest BCUT2D eigenvalue weighted by atomic mass is 35.5. The van der Waals surface area contributed by atoms with Gasteiger partial charge in [0, 0.05) is 22.7 Å². The Balaban J connectivity index is 1.99. The molecule has 1 unspecified atom stereocenters. The minimum Gasteiger partial charge on any atom is -0.481 e. The number of ether oxygens (including phenoxy) is 1. The first-order valence-electron chi connectivity index (χ1n) is 7.78. The Morgan fingerprint density at radius 3 is 2.65 bits per heavy atom. The standard InChI is InChI=1S/C18H18ClN3O4/c1-11-4-6-16(8-12(11)2)26-13(3)18(23)21-20-10-14-9-15(22(24)25)5-7-17(14)19/h4-10,13H,1-3H3,(H,21,23)/b20-10+. The molecule has 0 aliphatic heterocycles. The summed E-state index contributed by atoms with van der Waals surface area (Å²) in [5, 5.41) is 14.9. The molecule has 0 saturated heterocycles. The topological polar surface area (TPSA) is 93.8 Å².